The van der Waals surface area contributed by atoms with Crippen LogP contribution in [0.25, 0.3) is 0 Å². The molecule has 0 radical (unpaired) electrons. The van der Waals surface area contributed by atoms with Gasteiger partial charge in [-0.15, -0.1) is 0 Å². The molecule has 0 bridgehead atoms. The van der Waals surface area contributed by atoms with Crippen molar-refractivity contribution >= 4 is 0 Å². The number of hydrogen-bond acceptors (Lipinski definition) is 1. The van der Waals surface area contributed by atoms with Gasteiger partial charge in [-0.05, 0) is 24.3 Å². The maximum absolute atomic E-state index is 11.9. The Morgan fingerprint density at radius 2 is 1.58 bits per heavy atom. The first-order valence-corrected chi connectivity index (χ1v) is 3.11. The second kappa shape index (κ2) is 2.86. The number of rotatable bonds is 0. The molecule has 0 unspecified atom stereocenters. The van der Waals surface area contributed by atoms with Gasteiger partial charge < -0.3 is 0 Å². The lowest BCUT2D eigenvalue weighted by Gasteiger charge is -2.04. The van der Waals surface area contributed by atoms with E-state index in [1.807, 2.05) is 0 Å². The Morgan fingerprint density at radius 1 is 1.08 bits per heavy atom. The summed E-state index contributed by atoms with van der Waals surface area (Å²) >= 11 is 0. The number of benzene rings is 1. The minimum absolute atomic E-state index is 0.225. The molecule has 0 aliphatic heterocycles. The van der Waals surface area contributed by atoms with Crippen molar-refractivity contribution in [2.45, 2.75) is 6.18 Å². The summed E-state index contributed by atoms with van der Waals surface area (Å²) in [5.74, 6) is 0. The molecule has 12 heavy (non-hydrogen) atoms. The van der Waals surface area contributed by atoms with Crippen molar-refractivity contribution in [2.24, 2.45) is 0 Å². The van der Waals surface area contributed by atoms with E-state index in [9.17, 15) is 13.2 Å². The fourth-order valence-corrected chi connectivity index (χ4v) is 0.734. The van der Waals surface area contributed by atoms with Crippen molar-refractivity contribution in [1.82, 2.24) is 0 Å². The highest BCUT2D eigenvalue weighted by Crippen LogP contribution is 2.28. The highest BCUT2D eigenvalue weighted by molar-refractivity contribution is 5.32. The number of nitrogens with zero attached hydrogens (tertiary/aromatic N) is 1. The molecule has 0 atom stereocenters. The van der Waals surface area contributed by atoms with E-state index in [0.29, 0.717) is 0 Å². The lowest BCUT2D eigenvalue weighted by Crippen LogP contribution is -2.03. The molecule has 0 N–H and O–H groups in total. The largest absolute Gasteiger partial charge is 0.416 e. The van der Waals surface area contributed by atoms with Gasteiger partial charge in [0.15, 0.2) is 0 Å². The van der Waals surface area contributed by atoms with Gasteiger partial charge in [-0.2, -0.15) is 18.4 Å². The zero-order valence-corrected chi connectivity index (χ0v) is 5.89. The molecule has 0 fully saturated rings. The van der Waals surface area contributed by atoms with Crippen LogP contribution in [-0.2, 0) is 6.18 Å². The minimum Gasteiger partial charge on any atom is -0.192 e. The Balaban J connectivity index is 3.02. The van der Waals surface area contributed by atoms with Crippen LogP contribution in [0.4, 0.5) is 13.2 Å². The fourth-order valence-electron chi connectivity index (χ4n) is 0.734. The monoisotopic (exact) mass is 171 g/mol. The van der Waals surface area contributed by atoms with Crippen LogP contribution in [0.5, 0.6) is 0 Å². The fraction of sp³-hybridized carbons (Fsp3) is 0.125. The zero-order chi connectivity index (χ0) is 9.19. The van der Waals surface area contributed by atoms with Crippen LogP contribution in [0.3, 0.4) is 0 Å². The molecule has 0 amide bonds. The van der Waals surface area contributed by atoms with Crippen LogP contribution in [0.15, 0.2) is 24.3 Å². The smallest absolute Gasteiger partial charge is 0.192 e. The second-order valence-electron chi connectivity index (χ2n) is 2.19. The number of halogens is 3. The molecule has 0 aromatic heterocycles. The Bertz CT molecular complexity index is 305. The van der Waals surface area contributed by atoms with Gasteiger partial charge in [0.1, 0.15) is 0 Å². The van der Waals surface area contributed by atoms with Crippen molar-refractivity contribution in [3.63, 3.8) is 0 Å². The summed E-state index contributed by atoms with van der Waals surface area (Å²) in [6, 6.07) is 5.80. The molecule has 0 aliphatic rings. The molecule has 1 aromatic rings. The van der Waals surface area contributed by atoms with Crippen LogP contribution >= 0.6 is 0 Å². The standard InChI is InChI=1S/C8H4F3N/c9-8(10,11)7-3-1-6(5-12)2-4-7/h1-4H/i12+0. The molecule has 4 heteroatoms. The third kappa shape index (κ3) is 1.76. The minimum atomic E-state index is -4.33. The summed E-state index contributed by atoms with van der Waals surface area (Å²) in [6.07, 6.45) is -4.33. The van der Waals surface area contributed by atoms with Crippen LogP contribution in [0.1, 0.15) is 11.1 Å². The zero-order valence-electron chi connectivity index (χ0n) is 5.89. The van der Waals surface area contributed by atoms with Crippen molar-refractivity contribution in [1.29, 1.82) is 5.26 Å². The van der Waals surface area contributed by atoms with Crippen molar-refractivity contribution in [3.8, 4) is 6.07 Å². The molecule has 0 saturated carbocycles. The van der Waals surface area contributed by atoms with E-state index in [1.165, 1.54) is 0 Å². The van der Waals surface area contributed by atoms with Crippen LogP contribution in [-0.4, -0.2) is 0 Å². The van der Waals surface area contributed by atoms with Crippen molar-refractivity contribution in [2.75, 3.05) is 0 Å². The van der Waals surface area contributed by atoms with Crippen LogP contribution < -0.4 is 0 Å². The Kier molecular flexibility index (Phi) is 2.05. The Morgan fingerprint density at radius 3 is 1.92 bits per heavy atom. The number of nitriles is 1. The first-order chi connectivity index (χ1) is 5.54. The van der Waals surface area contributed by atoms with Gasteiger partial charge in [0.2, 0.25) is 0 Å². The third-order valence-electron chi connectivity index (χ3n) is 1.34. The average molecular weight is 171 g/mol. The van der Waals surface area contributed by atoms with Gasteiger partial charge in [0.25, 0.3) is 0 Å². The van der Waals surface area contributed by atoms with Gasteiger partial charge in [-0.25, -0.2) is 0 Å². The molecule has 62 valence electrons. The average Bonchev–Trinajstić information content (AvgIpc) is 2.03. The van der Waals surface area contributed by atoms with Crippen LogP contribution in [0, 0.1) is 11.3 Å². The van der Waals surface area contributed by atoms with Gasteiger partial charge in [0.05, 0.1) is 17.2 Å². The number of alkyl halides is 3. The van der Waals surface area contributed by atoms with Gasteiger partial charge in [-0.3, -0.25) is 0 Å². The van der Waals surface area contributed by atoms with Gasteiger partial charge in [-0.1, -0.05) is 0 Å². The second-order valence-corrected chi connectivity index (χ2v) is 2.19. The molecule has 1 nitrogen and oxygen atoms in total. The van der Waals surface area contributed by atoms with E-state index in [1.54, 1.807) is 6.07 Å². The first kappa shape index (κ1) is 8.60. The van der Waals surface area contributed by atoms with E-state index in [2.05, 4.69) is 0 Å². The Labute approximate surface area is 67.1 Å². The lowest BCUT2D eigenvalue weighted by molar-refractivity contribution is -0.137. The van der Waals surface area contributed by atoms with E-state index in [4.69, 9.17) is 5.26 Å². The topological polar surface area (TPSA) is 23.8 Å². The van der Waals surface area contributed by atoms with Gasteiger partial charge in [0, 0.05) is 0 Å². The molecular formula is C8H4F3N. The summed E-state index contributed by atoms with van der Waals surface area (Å²) in [4.78, 5) is 0. The normalized spacial score (nSPS) is 10.8. The quantitative estimate of drug-likeness (QED) is 0.588. The molecule has 0 saturated heterocycles. The maximum Gasteiger partial charge on any atom is 0.416 e. The van der Waals surface area contributed by atoms with E-state index in [-0.39, 0.29) is 5.56 Å². The Hall–Kier alpha value is -1.50. The predicted octanol–water partition coefficient (Wildman–Crippen LogP) is 2.58. The first-order valence-electron chi connectivity index (χ1n) is 3.11. The van der Waals surface area contributed by atoms with Gasteiger partial charge >= 0.3 is 6.18 Å². The summed E-state index contributed by atoms with van der Waals surface area (Å²) in [6.45, 7) is 0. The lowest BCUT2D eigenvalue weighted by atomic mass is 10.1. The molecule has 0 aliphatic carbocycles. The molecular weight excluding hydrogens is 167 g/mol. The molecule has 1 rings (SSSR count). The molecule has 0 heterocycles. The van der Waals surface area contributed by atoms with E-state index < -0.39 is 11.7 Å². The summed E-state index contributed by atoms with van der Waals surface area (Å²) in [5, 5.41) is 8.30. The summed E-state index contributed by atoms with van der Waals surface area (Å²) in [7, 11) is 0. The van der Waals surface area contributed by atoms with Crippen molar-refractivity contribution < 1.29 is 13.2 Å². The highest BCUT2D eigenvalue weighted by Gasteiger charge is 2.29. The summed E-state index contributed by atoms with van der Waals surface area (Å²) in [5.41, 5.74) is -0.510. The summed E-state index contributed by atoms with van der Waals surface area (Å²) < 4.78 is 35.8. The van der Waals surface area contributed by atoms with Crippen molar-refractivity contribution in [3.05, 3.63) is 35.4 Å². The van der Waals surface area contributed by atoms with E-state index >= 15 is 0 Å². The third-order valence-corrected chi connectivity index (χ3v) is 1.34. The molecule has 0 spiro atoms. The maximum atomic E-state index is 11.9. The number of hydrogen-bond donors (Lipinski definition) is 0. The molecule has 1 aromatic carbocycles. The van der Waals surface area contributed by atoms with E-state index in [0.717, 1.165) is 24.3 Å². The highest BCUT2D eigenvalue weighted by atomic mass is 19.4. The van der Waals surface area contributed by atoms with Crippen LogP contribution in [0.2, 0.25) is 0 Å². The predicted molar refractivity (Wildman–Crippen MR) is 36.2 cm³/mol. The SMILES string of the molecule is [14N]#Cc1ccc(C(F)(F)F)cc1.